The number of nitrogens with one attached hydrogen (secondary N) is 1. The van der Waals surface area contributed by atoms with E-state index in [1.165, 1.54) is 6.07 Å². The molecule has 8 heteroatoms. The van der Waals surface area contributed by atoms with Gasteiger partial charge < -0.3 is 14.8 Å². The molecule has 0 saturated carbocycles. The molecule has 0 bridgehead atoms. The van der Waals surface area contributed by atoms with Gasteiger partial charge in [0.1, 0.15) is 12.4 Å². The number of halogens is 2. The van der Waals surface area contributed by atoms with Crippen molar-refractivity contribution in [1.29, 1.82) is 0 Å². The summed E-state index contributed by atoms with van der Waals surface area (Å²) in [6.07, 6.45) is 0.514. The minimum atomic E-state index is -0.536. The van der Waals surface area contributed by atoms with Gasteiger partial charge in [0.05, 0.1) is 21.7 Å². The van der Waals surface area contributed by atoms with Crippen LogP contribution in [0, 0.1) is 12.8 Å². The summed E-state index contributed by atoms with van der Waals surface area (Å²) < 4.78 is 10.7. The molecule has 0 spiro atoms. The van der Waals surface area contributed by atoms with Crippen LogP contribution in [-0.2, 0) is 20.7 Å². The summed E-state index contributed by atoms with van der Waals surface area (Å²) in [6.45, 7) is 1.48. The van der Waals surface area contributed by atoms with Crippen LogP contribution in [-0.4, -0.2) is 30.1 Å². The molecule has 3 rings (SSSR count). The molecular formula is C18H16Cl2N2O4. The summed E-state index contributed by atoms with van der Waals surface area (Å²) in [5, 5.41) is 3.11. The molecule has 1 atom stereocenters. The van der Waals surface area contributed by atoms with Crippen LogP contribution in [0.5, 0.6) is 5.75 Å². The fraction of sp³-hybridized carbons (Fsp3) is 0.278. The van der Waals surface area contributed by atoms with Gasteiger partial charge in [-0.05, 0) is 31.0 Å². The van der Waals surface area contributed by atoms with Crippen LogP contribution in [0.4, 0.5) is 5.82 Å². The number of carbonyl (C=O) groups excluding carboxylic acids is 2. The number of fused-ring (bicyclic) bond motifs is 1. The molecule has 0 unspecified atom stereocenters. The largest absolute Gasteiger partial charge is 0.492 e. The van der Waals surface area contributed by atoms with Crippen LogP contribution in [0.3, 0.4) is 0 Å². The van der Waals surface area contributed by atoms with E-state index in [0.717, 1.165) is 11.3 Å². The zero-order valence-electron chi connectivity index (χ0n) is 13.9. The van der Waals surface area contributed by atoms with Gasteiger partial charge in [0.2, 0.25) is 0 Å². The first-order valence-corrected chi connectivity index (χ1v) is 8.69. The van der Waals surface area contributed by atoms with E-state index in [-0.39, 0.29) is 17.4 Å². The number of carbonyl (C=O) groups is 2. The molecule has 2 aromatic rings. The Morgan fingerprint density at radius 1 is 1.31 bits per heavy atom. The van der Waals surface area contributed by atoms with Crippen LogP contribution in [0.2, 0.25) is 10.0 Å². The fourth-order valence-corrected chi connectivity index (χ4v) is 2.95. The summed E-state index contributed by atoms with van der Waals surface area (Å²) in [7, 11) is 0. The van der Waals surface area contributed by atoms with E-state index in [9.17, 15) is 9.59 Å². The average Bonchev–Trinajstić information content (AvgIpc) is 2.63. The number of aromatic nitrogens is 1. The molecule has 136 valence electrons. The second kappa shape index (κ2) is 7.93. The molecule has 0 aliphatic carbocycles. The van der Waals surface area contributed by atoms with Gasteiger partial charge in [-0.25, -0.2) is 4.98 Å². The maximum Gasteiger partial charge on any atom is 0.313 e. The smallest absolute Gasteiger partial charge is 0.313 e. The summed E-state index contributed by atoms with van der Waals surface area (Å²) in [4.78, 5) is 28.3. The van der Waals surface area contributed by atoms with Gasteiger partial charge in [0.15, 0.2) is 12.4 Å². The number of hydrogen-bond acceptors (Lipinski definition) is 5. The summed E-state index contributed by atoms with van der Waals surface area (Å²) in [5.41, 5.74) is 1.47. The number of amides is 1. The third-order valence-electron chi connectivity index (χ3n) is 3.92. The highest BCUT2D eigenvalue weighted by atomic mass is 35.5. The number of nitrogens with zero attached hydrogens (tertiary/aromatic N) is 1. The first-order chi connectivity index (χ1) is 12.4. The predicted molar refractivity (Wildman–Crippen MR) is 97.7 cm³/mol. The second-order valence-corrected chi connectivity index (χ2v) is 6.68. The van der Waals surface area contributed by atoms with Gasteiger partial charge in [-0.2, -0.15) is 0 Å². The SMILES string of the molecule is Cc1nc(NC(=O)COC(=O)[C@@H]2COc3ccccc3C2)c(Cl)cc1Cl. The van der Waals surface area contributed by atoms with Crippen molar-refractivity contribution >= 4 is 40.9 Å². The summed E-state index contributed by atoms with van der Waals surface area (Å²) in [6, 6.07) is 9.00. The average molecular weight is 395 g/mol. The molecule has 1 aliphatic heterocycles. The molecular weight excluding hydrogens is 379 g/mol. The quantitative estimate of drug-likeness (QED) is 0.803. The minimum Gasteiger partial charge on any atom is -0.492 e. The highest BCUT2D eigenvalue weighted by Gasteiger charge is 2.27. The highest BCUT2D eigenvalue weighted by Crippen LogP contribution is 2.27. The maximum absolute atomic E-state index is 12.2. The highest BCUT2D eigenvalue weighted by molar-refractivity contribution is 6.36. The van der Waals surface area contributed by atoms with Gasteiger partial charge in [-0.3, -0.25) is 9.59 Å². The van der Waals surface area contributed by atoms with Gasteiger partial charge >= 0.3 is 5.97 Å². The van der Waals surface area contributed by atoms with Crippen LogP contribution in [0.25, 0.3) is 0 Å². The van der Waals surface area contributed by atoms with Crippen LogP contribution >= 0.6 is 23.2 Å². The molecule has 1 aliphatic rings. The molecule has 1 N–H and O–H groups in total. The number of para-hydroxylation sites is 1. The van der Waals surface area contributed by atoms with E-state index in [1.54, 1.807) is 6.92 Å². The number of esters is 1. The van der Waals surface area contributed by atoms with Crippen molar-refractivity contribution in [3.63, 3.8) is 0 Å². The van der Waals surface area contributed by atoms with Crippen molar-refractivity contribution < 1.29 is 19.1 Å². The van der Waals surface area contributed by atoms with E-state index in [1.807, 2.05) is 24.3 Å². The lowest BCUT2D eigenvalue weighted by Gasteiger charge is -2.23. The Balaban J connectivity index is 1.53. The minimum absolute atomic E-state index is 0.171. The summed E-state index contributed by atoms with van der Waals surface area (Å²) >= 11 is 11.9. The number of pyridine rings is 1. The lowest BCUT2D eigenvalue weighted by atomic mass is 9.97. The fourth-order valence-electron chi connectivity index (χ4n) is 2.55. The Labute approximate surface area is 160 Å². The number of anilines is 1. The van der Waals surface area contributed by atoms with E-state index in [0.29, 0.717) is 17.1 Å². The molecule has 2 heterocycles. The number of ether oxygens (including phenoxy) is 2. The zero-order chi connectivity index (χ0) is 18.7. The first-order valence-electron chi connectivity index (χ1n) is 7.94. The Bertz CT molecular complexity index is 857. The molecule has 1 aromatic heterocycles. The Morgan fingerprint density at radius 3 is 2.88 bits per heavy atom. The van der Waals surface area contributed by atoms with Crippen molar-refractivity contribution in [2.45, 2.75) is 13.3 Å². The van der Waals surface area contributed by atoms with Crippen molar-refractivity contribution in [3.8, 4) is 5.75 Å². The Kier molecular flexibility index (Phi) is 5.64. The lowest BCUT2D eigenvalue weighted by molar-refractivity contribution is -0.152. The van der Waals surface area contributed by atoms with Gasteiger partial charge in [0, 0.05) is 0 Å². The van der Waals surface area contributed by atoms with Gasteiger partial charge in [0.25, 0.3) is 5.91 Å². The van der Waals surface area contributed by atoms with Crippen molar-refractivity contribution in [2.24, 2.45) is 5.92 Å². The standard InChI is InChI=1S/C18H16Cl2N2O4/c1-10-13(19)7-14(20)17(21-10)22-16(23)9-26-18(24)12-6-11-4-2-3-5-15(11)25-8-12/h2-5,7,12H,6,8-9H2,1H3,(H,21,22,23)/t12-/m0/s1. The number of aryl methyl sites for hydroxylation is 1. The molecule has 6 nitrogen and oxygen atoms in total. The van der Waals surface area contributed by atoms with Crippen molar-refractivity contribution in [3.05, 3.63) is 51.6 Å². The van der Waals surface area contributed by atoms with Gasteiger partial charge in [-0.15, -0.1) is 0 Å². The predicted octanol–water partition coefficient (Wildman–Crippen LogP) is 3.43. The maximum atomic E-state index is 12.2. The molecule has 0 saturated heterocycles. The summed E-state index contributed by atoms with van der Waals surface area (Å²) in [5.74, 6) is -0.526. The topological polar surface area (TPSA) is 77.5 Å². The van der Waals surface area contributed by atoms with E-state index in [4.69, 9.17) is 32.7 Å². The molecule has 1 aromatic carbocycles. The van der Waals surface area contributed by atoms with E-state index in [2.05, 4.69) is 10.3 Å². The normalized spacial score (nSPS) is 15.6. The van der Waals surface area contributed by atoms with E-state index >= 15 is 0 Å². The monoisotopic (exact) mass is 394 g/mol. The number of benzene rings is 1. The third kappa shape index (κ3) is 4.26. The zero-order valence-corrected chi connectivity index (χ0v) is 15.4. The molecule has 0 fully saturated rings. The number of rotatable bonds is 4. The third-order valence-corrected chi connectivity index (χ3v) is 4.59. The van der Waals surface area contributed by atoms with Crippen LogP contribution < -0.4 is 10.1 Å². The number of hydrogen-bond donors (Lipinski definition) is 1. The van der Waals surface area contributed by atoms with Crippen molar-refractivity contribution in [2.75, 3.05) is 18.5 Å². The lowest BCUT2D eigenvalue weighted by Crippen LogP contribution is -2.32. The molecule has 1 amide bonds. The van der Waals surface area contributed by atoms with Crippen molar-refractivity contribution in [1.82, 2.24) is 4.98 Å². The molecule has 0 radical (unpaired) electrons. The van der Waals surface area contributed by atoms with E-state index < -0.39 is 24.4 Å². The Hall–Kier alpha value is -2.31. The van der Waals surface area contributed by atoms with Gasteiger partial charge in [-0.1, -0.05) is 41.4 Å². The molecule has 26 heavy (non-hydrogen) atoms. The Morgan fingerprint density at radius 2 is 2.08 bits per heavy atom. The van der Waals surface area contributed by atoms with Crippen LogP contribution in [0.1, 0.15) is 11.3 Å². The second-order valence-electron chi connectivity index (χ2n) is 5.86. The van der Waals surface area contributed by atoms with Crippen LogP contribution in [0.15, 0.2) is 30.3 Å². The first kappa shape index (κ1) is 18.5.